The Morgan fingerprint density at radius 2 is 1.64 bits per heavy atom. The molecule has 1 aliphatic rings. The lowest BCUT2D eigenvalue weighted by Crippen LogP contribution is -2.31. The molecule has 1 atom stereocenters. The normalized spacial score (nSPS) is 15.2. The number of aromatic amines is 1. The number of fused-ring (bicyclic) bond motifs is 2. The maximum atomic E-state index is 4.87. The number of aromatic nitrogens is 5. The van der Waals surface area contributed by atoms with Crippen LogP contribution in [0, 0.1) is 0 Å². The van der Waals surface area contributed by atoms with Crippen LogP contribution in [-0.4, -0.2) is 29.8 Å². The summed E-state index contributed by atoms with van der Waals surface area (Å²) >= 11 is 0. The predicted molar refractivity (Wildman–Crippen MR) is 141 cm³/mol. The lowest BCUT2D eigenvalue weighted by molar-refractivity contribution is 0.153. The molecule has 2 aromatic carbocycles. The van der Waals surface area contributed by atoms with Crippen LogP contribution < -0.4 is 5.32 Å². The van der Waals surface area contributed by atoms with Crippen molar-refractivity contribution in [3.8, 4) is 0 Å². The van der Waals surface area contributed by atoms with Crippen LogP contribution in [0.2, 0.25) is 0 Å². The fourth-order valence-corrected chi connectivity index (χ4v) is 5.06. The van der Waals surface area contributed by atoms with Crippen molar-refractivity contribution >= 4 is 17.0 Å². The zero-order valence-corrected chi connectivity index (χ0v) is 20.1. The molecule has 0 amide bonds. The third-order valence-corrected chi connectivity index (χ3v) is 6.82. The summed E-state index contributed by atoms with van der Waals surface area (Å²) in [6.07, 6.45) is 8.79. The minimum Gasteiger partial charge on any atom is -0.350 e. The Balaban J connectivity index is 1.23. The molecule has 36 heavy (non-hydrogen) atoms. The maximum Gasteiger partial charge on any atom is 0.222 e. The summed E-state index contributed by atoms with van der Waals surface area (Å²) in [5.74, 6) is 1.63. The van der Waals surface area contributed by atoms with E-state index in [1.807, 2.05) is 24.4 Å². The highest BCUT2D eigenvalue weighted by molar-refractivity contribution is 5.74. The summed E-state index contributed by atoms with van der Waals surface area (Å²) in [6, 6.07) is 23.4. The van der Waals surface area contributed by atoms with E-state index >= 15 is 0 Å². The van der Waals surface area contributed by atoms with Crippen LogP contribution in [0.3, 0.4) is 0 Å². The van der Waals surface area contributed by atoms with Crippen molar-refractivity contribution in [3.63, 3.8) is 0 Å². The molecule has 180 valence electrons. The Morgan fingerprint density at radius 1 is 0.833 bits per heavy atom. The number of anilines is 1. The van der Waals surface area contributed by atoms with E-state index in [9.17, 15) is 0 Å². The van der Waals surface area contributed by atoms with Gasteiger partial charge in [0.25, 0.3) is 0 Å². The average Bonchev–Trinajstić information content (AvgIpc) is 3.35. The van der Waals surface area contributed by atoms with Gasteiger partial charge in [-0.25, -0.2) is 15.0 Å². The number of hydrogen-bond acceptors (Lipinski definition) is 6. The lowest BCUT2D eigenvalue weighted by Gasteiger charge is -2.34. The van der Waals surface area contributed by atoms with Gasteiger partial charge in [0.2, 0.25) is 5.95 Å². The van der Waals surface area contributed by atoms with Crippen molar-refractivity contribution in [2.45, 2.75) is 44.9 Å². The van der Waals surface area contributed by atoms with Crippen molar-refractivity contribution in [1.82, 2.24) is 29.8 Å². The minimum atomic E-state index is 0.264. The second kappa shape index (κ2) is 10.3. The van der Waals surface area contributed by atoms with Crippen molar-refractivity contribution in [1.29, 1.82) is 0 Å². The monoisotopic (exact) mass is 475 g/mol. The molecule has 3 aromatic heterocycles. The van der Waals surface area contributed by atoms with Gasteiger partial charge in [-0.1, -0.05) is 42.5 Å². The highest BCUT2D eigenvalue weighted by Gasteiger charge is 2.28. The van der Waals surface area contributed by atoms with Crippen molar-refractivity contribution in [3.05, 3.63) is 114 Å². The van der Waals surface area contributed by atoms with E-state index in [2.05, 4.69) is 73.7 Å². The van der Waals surface area contributed by atoms with Crippen molar-refractivity contribution in [2.75, 3.05) is 5.32 Å². The number of H-pyrrole nitrogens is 1. The second-order valence-corrected chi connectivity index (χ2v) is 9.30. The lowest BCUT2D eigenvalue weighted by atomic mass is 9.90. The maximum absolute atomic E-state index is 4.87. The number of nitrogens with one attached hydrogen (secondary N) is 2. The van der Waals surface area contributed by atoms with Crippen LogP contribution in [0.4, 0.5) is 5.95 Å². The Morgan fingerprint density at radius 3 is 2.50 bits per heavy atom. The molecule has 5 aromatic rings. The molecular weight excluding hydrogens is 446 g/mol. The predicted octanol–water partition coefficient (Wildman–Crippen LogP) is 5.44. The molecule has 3 heterocycles. The number of rotatable bonds is 8. The smallest absolute Gasteiger partial charge is 0.222 e. The van der Waals surface area contributed by atoms with Crippen molar-refractivity contribution in [2.24, 2.45) is 0 Å². The molecule has 0 radical (unpaired) electrons. The zero-order chi connectivity index (χ0) is 24.2. The number of benzene rings is 2. The van der Waals surface area contributed by atoms with E-state index in [1.165, 1.54) is 28.8 Å². The average molecular weight is 476 g/mol. The molecule has 0 bridgehead atoms. The molecule has 0 saturated heterocycles. The summed E-state index contributed by atoms with van der Waals surface area (Å²) in [4.78, 5) is 24.2. The minimum absolute atomic E-state index is 0.264. The second-order valence-electron chi connectivity index (χ2n) is 9.30. The first-order valence-electron chi connectivity index (χ1n) is 12.5. The molecule has 0 saturated carbocycles. The molecule has 1 unspecified atom stereocenters. The molecule has 6 rings (SSSR count). The quantitative estimate of drug-likeness (QED) is 0.311. The summed E-state index contributed by atoms with van der Waals surface area (Å²) in [5, 5.41) is 3.28. The van der Waals surface area contributed by atoms with Crippen LogP contribution in [0.1, 0.15) is 47.1 Å². The topological polar surface area (TPSA) is 82.6 Å². The SMILES string of the molecule is c1cnc(NCc2ccc(CN(Cc3nc4ccccc4[nH]3)C3CCCc4cccnc43)cc2)nc1. The van der Waals surface area contributed by atoms with Gasteiger partial charge in [0.1, 0.15) is 5.82 Å². The van der Waals surface area contributed by atoms with Gasteiger partial charge >= 0.3 is 0 Å². The molecule has 1 aliphatic carbocycles. The van der Waals surface area contributed by atoms with Gasteiger partial charge in [-0.15, -0.1) is 0 Å². The summed E-state index contributed by atoms with van der Waals surface area (Å²) in [6.45, 7) is 2.25. The molecule has 0 spiro atoms. The number of hydrogen-bond donors (Lipinski definition) is 2. The molecule has 7 heteroatoms. The Kier molecular flexibility index (Phi) is 6.37. The van der Waals surface area contributed by atoms with E-state index < -0.39 is 0 Å². The van der Waals surface area contributed by atoms with E-state index in [4.69, 9.17) is 9.97 Å². The third kappa shape index (κ3) is 4.97. The fourth-order valence-electron chi connectivity index (χ4n) is 5.06. The van der Waals surface area contributed by atoms with Gasteiger partial charge in [-0.2, -0.15) is 0 Å². The third-order valence-electron chi connectivity index (χ3n) is 6.82. The fraction of sp³-hybridized carbons (Fsp3) is 0.241. The van der Waals surface area contributed by atoms with E-state index in [-0.39, 0.29) is 6.04 Å². The highest BCUT2D eigenvalue weighted by atomic mass is 15.2. The zero-order valence-electron chi connectivity index (χ0n) is 20.1. The van der Waals surface area contributed by atoms with Crippen LogP contribution in [-0.2, 0) is 26.1 Å². The van der Waals surface area contributed by atoms with Gasteiger partial charge in [-0.3, -0.25) is 9.88 Å². The first kappa shape index (κ1) is 22.4. The summed E-state index contributed by atoms with van der Waals surface area (Å²) in [5.41, 5.74) is 7.13. The molecule has 0 aliphatic heterocycles. The first-order valence-corrected chi connectivity index (χ1v) is 12.5. The van der Waals surface area contributed by atoms with Crippen molar-refractivity contribution < 1.29 is 0 Å². The van der Waals surface area contributed by atoms with E-state index in [0.29, 0.717) is 12.5 Å². The van der Waals surface area contributed by atoms with E-state index in [0.717, 1.165) is 42.8 Å². The van der Waals surface area contributed by atoms with Crippen LogP contribution in [0.5, 0.6) is 0 Å². The Bertz CT molecular complexity index is 1400. The van der Waals surface area contributed by atoms with Gasteiger partial charge in [0, 0.05) is 31.7 Å². The van der Waals surface area contributed by atoms with Gasteiger partial charge in [-0.05, 0) is 60.2 Å². The molecule has 0 fully saturated rings. The van der Waals surface area contributed by atoms with E-state index in [1.54, 1.807) is 12.4 Å². The number of para-hydroxylation sites is 2. The largest absolute Gasteiger partial charge is 0.350 e. The van der Waals surface area contributed by atoms with Crippen LogP contribution in [0.15, 0.2) is 85.3 Å². The number of imidazole rings is 1. The molecule has 2 N–H and O–H groups in total. The molecular formula is C29H29N7. The standard InChI is InChI=1S/C29H29N7/c1-2-9-25-24(8-1)34-27(35-25)20-36(26-10-3-6-23-7-4-15-30-28(23)26)19-22-13-11-21(12-14-22)18-33-29-31-16-5-17-32-29/h1-2,4-5,7-9,11-17,26H,3,6,10,18-20H2,(H,34,35)(H,31,32,33). The Hall–Kier alpha value is -4.10. The van der Waals surface area contributed by atoms with Gasteiger partial charge < -0.3 is 10.3 Å². The highest BCUT2D eigenvalue weighted by Crippen LogP contribution is 2.34. The molecule has 7 nitrogen and oxygen atoms in total. The number of pyridine rings is 1. The summed E-state index contributed by atoms with van der Waals surface area (Å²) < 4.78 is 0. The Labute approximate surface area is 210 Å². The number of nitrogens with zero attached hydrogens (tertiary/aromatic N) is 5. The first-order chi connectivity index (χ1) is 17.8. The van der Waals surface area contributed by atoms with Gasteiger partial charge in [0.05, 0.1) is 29.3 Å². The summed E-state index contributed by atoms with van der Waals surface area (Å²) in [7, 11) is 0. The van der Waals surface area contributed by atoms with Crippen LogP contribution in [0.25, 0.3) is 11.0 Å². The number of aryl methyl sites for hydroxylation is 1. The van der Waals surface area contributed by atoms with Crippen LogP contribution >= 0.6 is 0 Å². The van der Waals surface area contributed by atoms with Gasteiger partial charge in [0.15, 0.2) is 0 Å².